The number of carbonyl (C=O) groups excluding carboxylic acids is 2. The van der Waals surface area contributed by atoms with Crippen molar-refractivity contribution in [2.75, 3.05) is 18.1 Å². The third-order valence-corrected chi connectivity index (χ3v) is 16.9. The quantitative estimate of drug-likeness (QED) is 0.0953. The number of rotatable bonds is 17. The molecule has 0 unspecified atom stereocenters. The molecule has 0 saturated carbocycles. The molecule has 54 heavy (non-hydrogen) atoms. The van der Waals surface area contributed by atoms with E-state index < -0.39 is 50.3 Å². The highest BCUT2D eigenvalue weighted by Crippen LogP contribution is 2.42. The molecule has 2 aromatic rings. The van der Waals surface area contributed by atoms with Crippen LogP contribution in [0.5, 0.6) is 0 Å². The first-order chi connectivity index (χ1) is 25.3. The molecule has 10 nitrogen and oxygen atoms in total. The molecule has 3 saturated heterocycles. The van der Waals surface area contributed by atoms with Crippen LogP contribution in [0.15, 0.2) is 36.4 Å². The third-order valence-electron chi connectivity index (χ3n) is 11.3. The number of hydrogen-bond donors (Lipinski definition) is 1. The second-order valence-electron chi connectivity index (χ2n) is 17.7. The maximum absolute atomic E-state index is 13.1. The zero-order valence-electron chi connectivity index (χ0n) is 34.3. The van der Waals surface area contributed by atoms with E-state index in [0.717, 1.165) is 49.1 Å². The van der Waals surface area contributed by atoms with E-state index in [1.807, 2.05) is 24.8 Å². The first kappa shape index (κ1) is 43.0. The standard InChI is InChI=1S/C42H65NO9SSi/c1-11-12-13-17-33(52-54(9,10)40(2,3)4)28-18-20-30(21-19-28)43-29(22-25-36(43)45)15-14-16-31-23-24-35(53-31)39(46)47-26-32(44)37-38(51-42(7,8)50-37)34-27-48-41(5,6)49-34/h18-21,23-24,29,32-34,37-38,44H,11-17,22,25-27H2,1-10H3/t29-,32-,33-,34+,37+,38+/m0/s1. The number of aliphatic hydroxyl groups is 1. The van der Waals surface area contributed by atoms with E-state index in [1.165, 1.54) is 29.7 Å². The predicted octanol–water partition coefficient (Wildman–Crippen LogP) is 9.10. The van der Waals surface area contributed by atoms with Gasteiger partial charge in [-0.05, 0) is 108 Å². The molecule has 5 rings (SSSR count). The molecule has 4 heterocycles. The number of anilines is 1. The Morgan fingerprint density at radius 3 is 2.39 bits per heavy atom. The SMILES string of the molecule is CCCCC[C@H](O[Si](C)(C)C(C)(C)C)c1ccc(N2C(=O)CC[C@@H]2CCCc2ccc(C(=O)OC[C@H](O)[C@H]3OC(C)(C)O[C@@H]3[C@H]3COC(C)(C)O3)s2)cc1. The maximum atomic E-state index is 13.1. The van der Waals surface area contributed by atoms with Gasteiger partial charge in [0.15, 0.2) is 19.9 Å². The van der Waals surface area contributed by atoms with Crippen molar-refractivity contribution in [1.82, 2.24) is 0 Å². The molecule has 3 aliphatic heterocycles. The molecule has 302 valence electrons. The largest absolute Gasteiger partial charge is 0.459 e. The summed E-state index contributed by atoms with van der Waals surface area (Å²) in [7, 11) is -1.96. The molecule has 3 aliphatic rings. The molecule has 12 heteroatoms. The fourth-order valence-corrected chi connectivity index (χ4v) is 9.63. The summed E-state index contributed by atoms with van der Waals surface area (Å²) in [6.45, 7) is 21.0. The minimum absolute atomic E-state index is 0.0605. The Bertz CT molecular complexity index is 1550. The van der Waals surface area contributed by atoms with Crippen LogP contribution in [0.1, 0.15) is 133 Å². The Balaban J connectivity index is 1.12. The summed E-state index contributed by atoms with van der Waals surface area (Å²) in [5, 5.41) is 11.2. The van der Waals surface area contributed by atoms with E-state index in [9.17, 15) is 14.7 Å². The van der Waals surface area contributed by atoms with E-state index in [4.69, 9.17) is 28.1 Å². The number of unbranched alkanes of at least 4 members (excludes halogenated alkanes) is 2. The molecule has 0 bridgehead atoms. The van der Waals surface area contributed by atoms with Gasteiger partial charge in [0.1, 0.15) is 35.9 Å². The molecular formula is C42H65NO9SSi. The highest BCUT2D eigenvalue weighted by molar-refractivity contribution is 7.13. The lowest BCUT2D eigenvalue weighted by molar-refractivity contribution is -0.175. The average Bonchev–Trinajstić information content (AvgIpc) is 3.88. The van der Waals surface area contributed by atoms with Gasteiger partial charge in [0, 0.05) is 23.0 Å². The third kappa shape index (κ3) is 10.8. The first-order valence-corrected chi connectivity index (χ1v) is 23.7. The minimum Gasteiger partial charge on any atom is -0.459 e. The lowest BCUT2D eigenvalue weighted by Crippen LogP contribution is -2.45. The van der Waals surface area contributed by atoms with Crippen molar-refractivity contribution in [3.63, 3.8) is 0 Å². The Morgan fingerprint density at radius 1 is 1.02 bits per heavy atom. The van der Waals surface area contributed by atoms with Crippen LogP contribution < -0.4 is 4.90 Å². The van der Waals surface area contributed by atoms with Gasteiger partial charge < -0.3 is 38.1 Å². The minimum atomic E-state index is -1.96. The summed E-state index contributed by atoms with van der Waals surface area (Å²) in [6.07, 6.45) is 5.67. The number of aliphatic hydroxyl groups excluding tert-OH is 1. The number of benzene rings is 1. The number of aryl methyl sites for hydroxylation is 1. The second kappa shape index (κ2) is 17.5. The van der Waals surface area contributed by atoms with Gasteiger partial charge in [-0.1, -0.05) is 59.1 Å². The number of hydrogen-bond acceptors (Lipinski definition) is 10. The fourth-order valence-electron chi connectivity index (χ4n) is 7.37. The molecule has 0 spiro atoms. The summed E-state index contributed by atoms with van der Waals surface area (Å²) in [5.41, 5.74) is 2.14. The number of ether oxygens (including phenoxy) is 5. The molecule has 0 aliphatic carbocycles. The van der Waals surface area contributed by atoms with Crippen molar-refractivity contribution < 1.29 is 42.8 Å². The van der Waals surface area contributed by atoms with Crippen molar-refractivity contribution in [3.05, 3.63) is 51.7 Å². The van der Waals surface area contributed by atoms with Gasteiger partial charge in [-0.2, -0.15) is 0 Å². The lowest BCUT2D eigenvalue weighted by atomic mass is 10.0. The molecule has 0 radical (unpaired) electrons. The van der Waals surface area contributed by atoms with E-state index in [1.54, 1.807) is 19.9 Å². The summed E-state index contributed by atoms with van der Waals surface area (Å²) in [6, 6.07) is 12.4. The van der Waals surface area contributed by atoms with Gasteiger partial charge in [0.2, 0.25) is 5.91 Å². The molecule has 1 N–H and O–H groups in total. The summed E-state index contributed by atoms with van der Waals surface area (Å²) in [5.74, 6) is -1.99. The van der Waals surface area contributed by atoms with Gasteiger partial charge in [-0.15, -0.1) is 11.3 Å². The van der Waals surface area contributed by atoms with Crippen molar-refractivity contribution in [1.29, 1.82) is 0 Å². The van der Waals surface area contributed by atoms with Crippen LogP contribution in [0.2, 0.25) is 18.1 Å². The van der Waals surface area contributed by atoms with Crippen LogP contribution in [0.25, 0.3) is 0 Å². The Labute approximate surface area is 328 Å². The monoisotopic (exact) mass is 787 g/mol. The molecule has 3 fully saturated rings. The van der Waals surface area contributed by atoms with Crippen LogP contribution in [0, 0.1) is 0 Å². The van der Waals surface area contributed by atoms with Crippen LogP contribution in [-0.2, 0) is 39.3 Å². The van der Waals surface area contributed by atoms with Gasteiger partial charge in [-0.3, -0.25) is 4.79 Å². The second-order valence-corrected chi connectivity index (χ2v) is 23.6. The summed E-state index contributed by atoms with van der Waals surface area (Å²) in [4.78, 5) is 29.7. The first-order valence-electron chi connectivity index (χ1n) is 20.0. The highest BCUT2D eigenvalue weighted by Gasteiger charge is 2.52. The number of esters is 1. The van der Waals surface area contributed by atoms with Gasteiger partial charge in [-0.25, -0.2) is 4.79 Å². The van der Waals surface area contributed by atoms with Gasteiger partial charge in [0.05, 0.1) is 12.7 Å². The van der Waals surface area contributed by atoms with E-state index >= 15 is 0 Å². The van der Waals surface area contributed by atoms with E-state index in [2.05, 4.69) is 65.1 Å². The fraction of sp³-hybridized carbons (Fsp3) is 0.714. The average molecular weight is 788 g/mol. The predicted molar refractivity (Wildman–Crippen MR) is 214 cm³/mol. The number of thiophene rings is 1. The number of nitrogens with zero attached hydrogens (tertiary/aromatic N) is 1. The maximum Gasteiger partial charge on any atom is 0.348 e. The van der Waals surface area contributed by atoms with Crippen molar-refractivity contribution >= 4 is 37.2 Å². The van der Waals surface area contributed by atoms with E-state index in [0.29, 0.717) is 17.9 Å². The van der Waals surface area contributed by atoms with Gasteiger partial charge >= 0.3 is 5.97 Å². The van der Waals surface area contributed by atoms with Crippen molar-refractivity contribution in [2.24, 2.45) is 0 Å². The lowest BCUT2D eigenvalue weighted by Gasteiger charge is -2.39. The number of amides is 1. The summed E-state index contributed by atoms with van der Waals surface area (Å²) >= 11 is 1.40. The van der Waals surface area contributed by atoms with Gasteiger partial charge in [0.25, 0.3) is 0 Å². The summed E-state index contributed by atoms with van der Waals surface area (Å²) < 4.78 is 36.2. The molecule has 1 aromatic heterocycles. The van der Waals surface area contributed by atoms with Crippen molar-refractivity contribution in [2.45, 2.75) is 179 Å². The van der Waals surface area contributed by atoms with Crippen LogP contribution in [-0.4, -0.2) is 80.5 Å². The van der Waals surface area contributed by atoms with Crippen LogP contribution in [0.3, 0.4) is 0 Å². The molecule has 1 amide bonds. The zero-order chi connectivity index (χ0) is 39.5. The smallest absolute Gasteiger partial charge is 0.348 e. The topological polar surface area (TPSA) is 113 Å². The van der Waals surface area contributed by atoms with Crippen LogP contribution in [0.4, 0.5) is 5.69 Å². The molecule has 6 atom stereocenters. The normalized spacial score (nSPS) is 25.3. The zero-order valence-corrected chi connectivity index (χ0v) is 36.1. The Hall–Kier alpha value is -2.16. The van der Waals surface area contributed by atoms with Crippen LogP contribution >= 0.6 is 11.3 Å². The molecule has 1 aromatic carbocycles. The molecular weight excluding hydrogens is 723 g/mol. The van der Waals surface area contributed by atoms with Crippen molar-refractivity contribution in [3.8, 4) is 0 Å². The highest BCUT2D eigenvalue weighted by atomic mass is 32.1. The Kier molecular flexibility index (Phi) is 14.0. The number of carbonyl (C=O) groups is 2. The Morgan fingerprint density at radius 2 is 1.74 bits per heavy atom. The van der Waals surface area contributed by atoms with E-state index in [-0.39, 0.29) is 29.7 Å².